The maximum atomic E-state index is 12.5. The summed E-state index contributed by atoms with van der Waals surface area (Å²) in [6.07, 6.45) is 6.70. The van der Waals surface area contributed by atoms with Crippen LogP contribution in [0.1, 0.15) is 56.1 Å². The van der Waals surface area contributed by atoms with E-state index in [1.807, 2.05) is 11.8 Å². The Morgan fingerprint density at radius 3 is 2.65 bits per heavy atom. The topological polar surface area (TPSA) is 17.1 Å². The van der Waals surface area contributed by atoms with Gasteiger partial charge >= 0.3 is 0 Å². The SMILES string of the molecule is C[C@]12CC[C@@H]3c4ccc(Sc5ccccc5)cc4CC[C@H]3[C@@H]1CCC2=O. The number of fused-ring (bicyclic) bond motifs is 5. The van der Waals surface area contributed by atoms with Crippen LogP contribution >= 0.6 is 11.8 Å². The maximum absolute atomic E-state index is 12.5. The quantitative estimate of drug-likeness (QED) is 0.627. The van der Waals surface area contributed by atoms with Crippen molar-refractivity contribution < 1.29 is 4.79 Å². The molecule has 0 unspecified atom stereocenters. The Morgan fingerprint density at radius 2 is 1.81 bits per heavy atom. The highest BCUT2D eigenvalue weighted by atomic mass is 32.2. The van der Waals surface area contributed by atoms with Crippen molar-refractivity contribution in [2.45, 2.75) is 61.2 Å². The van der Waals surface area contributed by atoms with Crippen LogP contribution in [-0.2, 0) is 11.2 Å². The first-order valence-electron chi connectivity index (χ1n) is 10.0. The van der Waals surface area contributed by atoms with E-state index in [9.17, 15) is 4.79 Å². The van der Waals surface area contributed by atoms with Gasteiger partial charge in [0.25, 0.3) is 0 Å². The maximum Gasteiger partial charge on any atom is 0.139 e. The molecule has 0 spiro atoms. The van der Waals surface area contributed by atoms with Crippen molar-refractivity contribution >= 4 is 17.5 Å². The molecule has 2 saturated carbocycles. The summed E-state index contributed by atoms with van der Waals surface area (Å²) in [6, 6.07) is 17.8. The van der Waals surface area contributed by atoms with E-state index in [1.165, 1.54) is 29.1 Å². The van der Waals surface area contributed by atoms with Gasteiger partial charge in [-0.25, -0.2) is 0 Å². The highest BCUT2D eigenvalue weighted by Crippen LogP contribution is 2.59. The minimum atomic E-state index is -0.0121. The molecule has 0 saturated heterocycles. The van der Waals surface area contributed by atoms with Crippen LogP contribution in [0.5, 0.6) is 0 Å². The third-order valence-corrected chi connectivity index (χ3v) is 8.38. The Morgan fingerprint density at radius 1 is 0.962 bits per heavy atom. The number of rotatable bonds is 2. The largest absolute Gasteiger partial charge is 0.299 e. The van der Waals surface area contributed by atoms with Gasteiger partial charge in [0.05, 0.1) is 0 Å². The number of benzene rings is 2. The molecule has 4 atom stereocenters. The number of carbonyl (C=O) groups is 1. The standard InChI is InChI=1S/C24H26OS/c1-24-14-13-20-19-10-8-18(26-17-5-3-2-4-6-17)15-16(19)7-9-21(20)22(24)11-12-23(24)25/h2-6,8,10,15,20-22H,7,9,11-14H2,1H3/t20-,21-,22+,24+/m1/s1. The third kappa shape index (κ3) is 2.57. The number of hydrogen-bond donors (Lipinski definition) is 0. The monoisotopic (exact) mass is 362 g/mol. The molecule has 0 heterocycles. The van der Waals surface area contributed by atoms with Crippen LogP contribution in [0.3, 0.4) is 0 Å². The molecule has 1 nitrogen and oxygen atoms in total. The second kappa shape index (κ2) is 6.27. The Hall–Kier alpha value is -1.54. The van der Waals surface area contributed by atoms with Gasteiger partial charge in [-0.05, 0) is 85.3 Å². The van der Waals surface area contributed by atoms with E-state index in [0.29, 0.717) is 17.6 Å². The van der Waals surface area contributed by atoms with Crippen LogP contribution in [0.15, 0.2) is 58.3 Å². The van der Waals surface area contributed by atoms with E-state index in [1.54, 1.807) is 11.1 Å². The summed E-state index contributed by atoms with van der Waals surface area (Å²) in [5, 5.41) is 0. The van der Waals surface area contributed by atoms with Crippen molar-refractivity contribution in [3.63, 3.8) is 0 Å². The van der Waals surface area contributed by atoms with Gasteiger partial charge in [0.15, 0.2) is 0 Å². The average molecular weight is 363 g/mol. The van der Waals surface area contributed by atoms with Crippen LogP contribution in [0.2, 0.25) is 0 Å². The van der Waals surface area contributed by atoms with Crippen LogP contribution in [0.25, 0.3) is 0 Å². The second-order valence-corrected chi connectivity index (χ2v) is 9.76. The fraction of sp³-hybridized carbons (Fsp3) is 0.458. The Kier molecular flexibility index (Phi) is 4.01. The zero-order valence-electron chi connectivity index (χ0n) is 15.4. The van der Waals surface area contributed by atoms with E-state index in [2.05, 4.69) is 55.5 Å². The van der Waals surface area contributed by atoms with Gasteiger partial charge in [-0.15, -0.1) is 0 Å². The van der Waals surface area contributed by atoms with Gasteiger partial charge in [0, 0.05) is 21.6 Å². The van der Waals surface area contributed by atoms with Crippen molar-refractivity contribution in [3.8, 4) is 0 Å². The predicted octanol–water partition coefficient (Wildman–Crippen LogP) is 6.26. The molecule has 0 bridgehead atoms. The molecule has 134 valence electrons. The molecular weight excluding hydrogens is 336 g/mol. The molecule has 2 aromatic rings. The number of carbonyl (C=O) groups excluding carboxylic acids is 1. The van der Waals surface area contributed by atoms with Gasteiger partial charge in [0.2, 0.25) is 0 Å². The third-order valence-electron chi connectivity index (χ3n) is 7.39. The lowest BCUT2D eigenvalue weighted by Crippen LogP contribution is -2.42. The smallest absolute Gasteiger partial charge is 0.139 e. The van der Waals surface area contributed by atoms with Crippen molar-refractivity contribution in [1.82, 2.24) is 0 Å². The van der Waals surface area contributed by atoms with Gasteiger partial charge in [-0.2, -0.15) is 0 Å². The molecular formula is C24H26OS. The van der Waals surface area contributed by atoms with Crippen molar-refractivity contribution in [2.24, 2.45) is 17.3 Å². The summed E-state index contributed by atoms with van der Waals surface area (Å²) in [5.41, 5.74) is 3.13. The normalized spacial score (nSPS) is 32.7. The molecule has 2 fully saturated rings. The zero-order valence-corrected chi connectivity index (χ0v) is 16.2. The lowest BCUT2D eigenvalue weighted by atomic mass is 9.55. The first kappa shape index (κ1) is 16.6. The molecule has 3 aliphatic rings. The molecule has 0 aromatic heterocycles. The van der Waals surface area contributed by atoms with E-state index in [0.717, 1.165) is 25.2 Å². The van der Waals surface area contributed by atoms with Crippen molar-refractivity contribution in [1.29, 1.82) is 0 Å². The van der Waals surface area contributed by atoms with Crippen LogP contribution < -0.4 is 0 Å². The molecule has 3 aliphatic carbocycles. The Balaban J connectivity index is 1.42. The minimum absolute atomic E-state index is 0.0121. The summed E-state index contributed by atoms with van der Waals surface area (Å²) in [5.74, 6) is 2.57. The van der Waals surface area contributed by atoms with Gasteiger partial charge in [-0.1, -0.05) is 43.0 Å². The first-order valence-corrected chi connectivity index (χ1v) is 10.9. The molecule has 2 aromatic carbocycles. The molecule has 5 rings (SSSR count). The highest BCUT2D eigenvalue weighted by Gasteiger charge is 2.54. The second-order valence-electron chi connectivity index (χ2n) is 8.61. The molecule has 0 aliphatic heterocycles. The number of ketones is 1. The fourth-order valence-corrected chi connectivity index (χ4v) is 6.92. The summed E-state index contributed by atoms with van der Waals surface area (Å²) >= 11 is 1.86. The summed E-state index contributed by atoms with van der Waals surface area (Å²) in [6.45, 7) is 2.26. The van der Waals surface area contributed by atoms with E-state index in [-0.39, 0.29) is 5.41 Å². The highest BCUT2D eigenvalue weighted by molar-refractivity contribution is 7.99. The molecule has 0 amide bonds. The molecule has 0 N–H and O–H groups in total. The van der Waals surface area contributed by atoms with Crippen LogP contribution in [0.4, 0.5) is 0 Å². The van der Waals surface area contributed by atoms with E-state index < -0.39 is 0 Å². The van der Waals surface area contributed by atoms with E-state index >= 15 is 0 Å². The zero-order chi connectivity index (χ0) is 17.7. The number of aryl methyl sites for hydroxylation is 1. The summed E-state index contributed by atoms with van der Waals surface area (Å²) in [7, 11) is 0. The van der Waals surface area contributed by atoms with Crippen molar-refractivity contribution in [3.05, 3.63) is 59.7 Å². The lowest BCUT2D eigenvalue weighted by Gasteiger charge is -2.48. The van der Waals surface area contributed by atoms with Gasteiger partial charge in [0.1, 0.15) is 5.78 Å². The predicted molar refractivity (Wildman–Crippen MR) is 107 cm³/mol. The summed E-state index contributed by atoms with van der Waals surface area (Å²) < 4.78 is 0. The van der Waals surface area contributed by atoms with Crippen LogP contribution in [0, 0.1) is 17.3 Å². The Bertz CT molecular complexity index is 843. The van der Waals surface area contributed by atoms with Crippen LogP contribution in [-0.4, -0.2) is 5.78 Å². The fourth-order valence-electron chi connectivity index (χ4n) is 6.02. The first-order chi connectivity index (χ1) is 12.6. The Labute approximate surface area is 160 Å². The average Bonchev–Trinajstić information content (AvgIpc) is 2.97. The van der Waals surface area contributed by atoms with Gasteiger partial charge in [-0.3, -0.25) is 4.79 Å². The minimum Gasteiger partial charge on any atom is -0.299 e. The molecule has 26 heavy (non-hydrogen) atoms. The van der Waals surface area contributed by atoms with Crippen molar-refractivity contribution in [2.75, 3.05) is 0 Å². The number of hydrogen-bond acceptors (Lipinski definition) is 2. The lowest BCUT2D eigenvalue weighted by molar-refractivity contribution is -0.129. The molecule has 0 radical (unpaired) electrons. The summed E-state index contributed by atoms with van der Waals surface area (Å²) in [4.78, 5) is 15.1. The van der Waals surface area contributed by atoms with E-state index in [4.69, 9.17) is 0 Å². The molecule has 2 heteroatoms. The van der Waals surface area contributed by atoms with Gasteiger partial charge < -0.3 is 0 Å². The number of Topliss-reactive ketones (excluding diaryl/α,β-unsaturated/α-hetero) is 1.